The molecular weight excluding hydrogens is 297 g/mol. The molecule has 0 saturated heterocycles. The van der Waals surface area contributed by atoms with Crippen molar-refractivity contribution < 1.29 is 27.4 Å². The topological polar surface area (TPSA) is 42.6 Å². The van der Waals surface area contributed by atoms with Gasteiger partial charge in [0.1, 0.15) is 18.1 Å². The quantitative estimate of drug-likeness (QED) is 0.760. The van der Waals surface area contributed by atoms with Crippen molar-refractivity contribution in [1.82, 2.24) is 0 Å². The van der Waals surface area contributed by atoms with Gasteiger partial charge < -0.3 is 14.3 Å². The molecule has 0 aliphatic rings. The Labute approximate surface area is 123 Å². The summed E-state index contributed by atoms with van der Waals surface area (Å²) in [6, 6.07) is 11.4. The molecule has 0 spiro atoms. The minimum atomic E-state index is -4.48. The van der Waals surface area contributed by atoms with Crippen LogP contribution in [0.15, 0.2) is 52.9 Å². The molecule has 1 heterocycles. The Balaban J connectivity index is 1.84. The molecule has 3 aromatic rings. The predicted octanol–water partition coefficient (Wildman–Crippen LogP) is 4.74. The number of halogens is 3. The average molecular weight is 308 g/mol. The third kappa shape index (κ3) is 2.72. The number of hydrogen-bond acceptors (Lipinski definition) is 3. The van der Waals surface area contributed by atoms with E-state index in [9.17, 15) is 18.3 Å². The molecule has 3 nitrogen and oxygen atoms in total. The first kappa shape index (κ1) is 14.3. The summed E-state index contributed by atoms with van der Waals surface area (Å²) in [4.78, 5) is 0. The summed E-state index contributed by atoms with van der Waals surface area (Å²) in [6.45, 7) is -0.165. The minimum Gasteiger partial charge on any atom is -0.504 e. The fraction of sp³-hybridized carbons (Fsp3) is 0.125. The molecule has 0 aliphatic heterocycles. The highest BCUT2D eigenvalue weighted by atomic mass is 19.4. The molecule has 22 heavy (non-hydrogen) atoms. The van der Waals surface area contributed by atoms with Crippen molar-refractivity contribution in [1.29, 1.82) is 0 Å². The molecule has 6 heteroatoms. The molecule has 0 unspecified atom stereocenters. The van der Waals surface area contributed by atoms with Crippen LogP contribution in [0, 0.1) is 0 Å². The number of rotatable bonds is 3. The van der Waals surface area contributed by atoms with Crippen molar-refractivity contribution >= 4 is 11.0 Å². The monoisotopic (exact) mass is 308 g/mol. The summed E-state index contributed by atoms with van der Waals surface area (Å²) in [5, 5.41) is 10.3. The number of furan rings is 1. The lowest BCUT2D eigenvalue weighted by molar-refractivity contribution is -0.139. The number of phenols is 1. The first-order chi connectivity index (χ1) is 10.4. The van der Waals surface area contributed by atoms with E-state index in [1.54, 1.807) is 18.2 Å². The van der Waals surface area contributed by atoms with Crippen LogP contribution >= 0.6 is 0 Å². The molecule has 0 fully saturated rings. The van der Waals surface area contributed by atoms with Gasteiger partial charge in [0.05, 0.1) is 5.56 Å². The van der Waals surface area contributed by atoms with E-state index < -0.39 is 11.7 Å². The summed E-state index contributed by atoms with van der Waals surface area (Å²) in [5.41, 5.74) is -0.556. The van der Waals surface area contributed by atoms with Gasteiger partial charge in [0.15, 0.2) is 11.3 Å². The number of alkyl halides is 3. The third-order valence-electron chi connectivity index (χ3n) is 3.14. The molecule has 0 aliphatic carbocycles. The second kappa shape index (κ2) is 5.29. The van der Waals surface area contributed by atoms with Crippen LogP contribution in [0.3, 0.4) is 0 Å². The summed E-state index contributed by atoms with van der Waals surface area (Å²) in [5.74, 6) is 0.0348. The van der Waals surface area contributed by atoms with Crippen molar-refractivity contribution in [2.45, 2.75) is 12.8 Å². The molecule has 2 aromatic carbocycles. The Hall–Kier alpha value is -2.63. The second-order valence-corrected chi connectivity index (χ2v) is 4.69. The van der Waals surface area contributed by atoms with Crippen LogP contribution in [0.4, 0.5) is 13.2 Å². The van der Waals surface area contributed by atoms with Crippen LogP contribution in [0.1, 0.15) is 11.3 Å². The van der Waals surface area contributed by atoms with E-state index in [2.05, 4.69) is 0 Å². The SMILES string of the molecule is Oc1cccc2cc(COc3ccccc3C(F)(F)F)oc12. The maximum absolute atomic E-state index is 12.9. The molecule has 0 saturated carbocycles. The lowest BCUT2D eigenvalue weighted by Gasteiger charge is -2.12. The lowest BCUT2D eigenvalue weighted by Crippen LogP contribution is -2.08. The van der Waals surface area contributed by atoms with Gasteiger partial charge in [-0.15, -0.1) is 0 Å². The number of phenolic OH excluding ortho intramolecular Hbond substituents is 1. The van der Waals surface area contributed by atoms with Gasteiger partial charge in [-0.25, -0.2) is 0 Å². The Kier molecular flexibility index (Phi) is 3.44. The van der Waals surface area contributed by atoms with Crippen molar-refractivity contribution in [2.75, 3.05) is 0 Å². The van der Waals surface area contributed by atoms with Crippen LogP contribution in [-0.4, -0.2) is 5.11 Å². The van der Waals surface area contributed by atoms with Gasteiger partial charge >= 0.3 is 6.18 Å². The zero-order valence-electron chi connectivity index (χ0n) is 11.2. The molecule has 0 radical (unpaired) electrons. The van der Waals surface area contributed by atoms with E-state index in [1.165, 1.54) is 24.3 Å². The van der Waals surface area contributed by atoms with Gasteiger partial charge in [-0.3, -0.25) is 0 Å². The third-order valence-corrected chi connectivity index (χ3v) is 3.14. The molecule has 1 aromatic heterocycles. The predicted molar refractivity (Wildman–Crippen MR) is 73.7 cm³/mol. The van der Waals surface area contributed by atoms with E-state index in [-0.39, 0.29) is 23.7 Å². The van der Waals surface area contributed by atoms with Crippen molar-refractivity contribution in [2.24, 2.45) is 0 Å². The summed E-state index contributed by atoms with van der Waals surface area (Å²) in [6.07, 6.45) is -4.48. The average Bonchev–Trinajstić information content (AvgIpc) is 2.89. The second-order valence-electron chi connectivity index (χ2n) is 4.69. The Bertz CT molecular complexity index is 806. The zero-order chi connectivity index (χ0) is 15.7. The molecule has 114 valence electrons. The highest BCUT2D eigenvalue weighted by molar-refractivity contribution is 5.83. The zero-order valence-corrected chi connectivity index (χ0v) is 11.2. The molecule has 0 amide bonds. The number of ether oxygens (including phenoxy) is 1. The van der Waals surface area contributed by atoms with Gasteiger partial charge in [-0.1, -0.05) is 24.3 Å². The largest absolute Gasteiger partial charge is 0.504 e. The van der Waals surface area contributed by atoms with Crippen LogP contribution in [0.25, 0.3) is 11.0 Å². The van der Waals surface area contributed by atoms with Gasteiger partial charge in [0.25, 0.3) is 0 Å². The number of para-hydroxylation sites is 2. The van der Waals surface area contributed by atoms with E-state index in [1.807, 2.05) is 0 Å². The number of fused-ring (bicyclic) bond motifs is 1. The van der Waals surface area contributed by atoms with Crippen molar-refractivity contribution in [3.05, 3.63) is 59.9 Å². The van der Waals surface area contributed by atoms with Gasteiger partial charge in [0, 0.05) is 5.39 Å². The minimum absolute atomic E-state index is 0.0283. The Morgan fingerprint density at radius 1 is 1.05 bits per heavy atom. The summed E-state index contributed by atoms with van der Waals surface area (Å²) < 4.78 is 49.2. The fourth-order valence-electron chi connectivity index (χ4n) is 2.15. The Morgan fingerprint density at radius 2 is 1.82 bits per heavy atom. The van der Waals surface area contributed by atoms with E-state index in [4.69, 9.17) is 9.15 Å². The summed E-state index contributed by atoms with van der Waals surface area (Å²) >= 11 is 0. The normalized spacial score (nSPS) is 11.8. The van der Waals surface area contributed by atoms with E-state index >= 15 is 0 Å². The lowest BCUT2D eigenvalue weighted by atomic mass is 10.2. The van der Waals surface area contributed by atoms with Crippen LogP contribution in [0.2, 0.25) is 0 Å². The van der Waals surface area contributed by atoms with Gasteiger partial charge in [-0.05, 0) is 24.3 Å². The van der Waals surface area contributed by atoms with Crippen LogP contribution < -0.4 is 4.74 Å². The van der Waals surface area contributed by atoms with Gasteiger partial charge in [0.2, 0.25) is 0 Å². The van der Waals surface area contributed by atoms with Crippen molar-refractivity contribution in [3.63, 3.8) is 0 Å². The number of benzene rings is 2. The highest BCUT2D eigenvalue weighted by Gasteiger charge is 2.34. The first-order valence-electron chi connectivity index (χ1n) is 6.44. The van der Waals surface area contributed by atoms with E-state index in [0.29, 0.717) is 11.1 Å². The van der Waals surface area contributed by atoms with Gasteiger partial charge in [-0.2, -0.15) is 13.2 Å². The summed E-state index contributed by atoms with van der Waals surface area (Å²) in [7, 11) is 0. The van der Waals surface area contributed by atoms with E-state index in [0.717, 1.165) is 6.07 Å². The molecular formula is C16H11F3O3. The fourth-order valence-corrected chi connectivity index (χ4v) is 2.15. The number of aromatic hydroxyl groups is 1. The molecule has 0 bridgehead atoms. The van der Waals surface area contributed by atoms with Crippen LogP contribution in [0.5, 0.6) is 11.5 Å². The maximum Gasteiger partial charge on any atom is 0.419 e. The van der Waals surface area contributed by atoms with Crippen molar-refractivity contribution in [3.8, 4) is 11.5 Å². The first-order valence-corrected chi connectivity index (χ1v) is 6.44. The molecule has 3 rings (SSSR count). The van der Waals surface area contributed by atoms with Crippen LogP contribution in [-0.2, 0) is 12.8 Å². The molecule has 0 atom stereocenters. The standard InChI is InChI=1S/C16H11F3O3/c17-16(18,19)12-5-1-2-7-14(12)21-9-11-8-10-4-3-6-13(20)15(10)22-11/h1-8,20H,9H2. The maximum atomic E-state index is 12.9. The number of hydrogen-bond donors (Lipinski definition) is 1. The smallest absolute Gasteiger partial charge is 0.419 e. The molecule has 1 N–H and O–H groups in total. The highest BCUT2D eigenvalue weighted by Crippen LogP contribution is 2.36. The Morgan fingerprint density at radius 3 is 2.55 bits per heavy atom.